The SMILES string of the molecule is c1ccc2c(c1)B1c3cc4ccccc4cc3-c3ccccc3N1c1cnccc1-2. The zero-order valence-corrected chi connectivity index (χ0v) is 16.3. The third-order valence-electron chi connectivity index (χ3n) is 6.53. The molecule has 0 saturated heterocycles. The summed E-state index contributed by atoms with van der Waals surface area (Å²) in [6.07, 6.45) is 3.91. The molecular formula is C27H17BN2. The number of hydrogen-bond acceptors (Lipinski definition) is 2. The smallest absolute Gasteiger partial charge is 0.329 e. The predicted octanol–water partition coefficient (Wildman–Crippen LogP) is 5.14. The highest BCUT2D eigenvalue weighted by Gasteiger charge is 2.42. The Morgan fingerprint density at radius 1 is 0.567 bits per heavy atom. The van der Waals surface area contributed by atoms with Crippen LogP contribution in [0.3, 0.4) is 0 Å². The Morgan fingerprint density at radius 2 is 1.27 bits per heavy atom. The summed E-state index contributed by atoms with van der Waals surface area (Å²) in [5, 5.41) is 2.57. The van der Waals surface area contributed by atoms with Crippen LogP contribution in [-0.2, 0) is 0 Å². The molecule has 3 heteroatoms. The monoisotopic (exact) mass is 380 g/mol. The van der Waals surface area contributed by atoms with E-state index >= 15 is 0 Å². The molecule has 0 atom stereocenters. The Morgan fingerprint density at radius 3 is 2.17 bits per heavy atom. The Labute approximate surface area is 175 Å². The number of anilines is 2. The maximum Gasteiger partial charge on any atom is 0.329 e. The molecule has 2 aliphatic heterocycles. The lowest BCUT2D eigenvalue weighted by atomic mass is 9.43. The highest BCUT2D eigenvalue weighted by molar-refractivity contribution is 6.92. The molecule has 0 N–H and O–H groups in total. The lowest BCUT2D eigenvalue weighted by Gasteiger charge is -2.43. The van der Waals surface area contributed by atoms with Crippen LogP contribution in [-0.4, -0.2) is 11.8 Å². The normalized spacial score (nSPS) is 13.2. The number of para-hydroxylation sites is 1. The fourth-order valence-electron chi connectivity index (χ4n) is 5.27. The molecule has 0 saturated carbocycles. The van der Waals surface area contributed by atoms with Crippen molar-refractivity contribution in [3.8, 4) is 22.3 Å². The second-order valence-electron chi connectivity index (χ2n) is 8.06. The summed E-state index contributed by atoms with van der Waals surface area (Å²) in [4.78, 5) is 6.98. The molecule has 2 nitrogen and oxygen atoms in total. The fourth-order valence-corrected chi connectivity index (χ4v) is 5.27. The molecule has 0 aliphatic carbocycles. The molecular weight excluding hydrogens is 363 g/mol. The molecule has 5 aromatic rings. The van der Waals surface area contributed by atoms with Crippen LogP contribution >= 0.6 is 0 Å². The van der Waals surface area contributed by atoms with E-state index in [9.17, 15) is 0 Å². The fraction of sp³-hybridized carbons (Fsp3) is 0. The largest absolute Gasteiger partial charge is 0.375 e. The molecule has 3 heterocycles. The molecule has 138 valence electrons. The van der Waals surface area contributed by atoms with Crippen molar-refractivity contribution < 1.29 is 0 Å². The van der Waals surface area contributed by atoms with Gasteiger partial charge in [0.25, 0.3) is 0 Å². The maximum absolute atomic E-state index is 4.50. The summed E-state index contributed by atoms with van der Waals surface area (Å²) in [6, 6.07) is 33.1. The number of pyridine rings is 1. The van der Waals surface area contributed by atoms with E-state index in [0.717, 1.165) is 0 Å². The molecule has 0 bridgehead atoms. The number of nitrogens with zero attached hydrogens (tertiary/aromatic N) is 2. The van der Waals surface area contributed by atoms with Crippen molar-refractivity contribution in [3.63, 3.8) is 0 Å². The van der Waals surface area contributed by atoms with Crippen molar-refractivity contribution in [2.24, 2.45) is 0 Å². The zero-order chi connectivity index (χ0) is 19.7. The second kappa shape index (κ2) is 5.83. The molecule has 0 unspecified atom stereocenters. The topological polar surface area (TPSA) is 16.1 Å². The van der Waals surface area contributed by atoms with Crippen molar-refractivity contribution in [2.75, 3.05) is 4.81 Å². The molecule has 0 spiro atoms. The minimum Gasteiger partial charge on any atom is -0.375 e. The van der Waals surface area contributed by atoms with Crippen molar-refractivity contribution in [2.45, 2.75) is 0 Å². The predicted molar refractivity (Wildman–Crippen MR) is 126 cm³/mol. The standard InChI is InChI=1S/C27H17BN2/c1-2-8-19-16-25-23(15-18(19)7-1)21-10-4-6-12-26(21)30-27-17-29-14-13-22(27)20-9-3-5-11-24(20)28(25)30/h1-17H. The molecule has 7 rings (SSSR count). The minimum atomic E-state index is 0.132. The lowest BCUT2D eigenvalue weighted by Crippen LogP contribution is -2.59. The van der Waals surface area contributed by atoms with E-state index in [1.54, 1.807) is 0 Å². The van der Waals surface area contributed by atoms with Crippen molar-refractivity contribution in [1.29, 1.82) is 0 Å². The third-order valence-corrected chi connectivity index (χ3v) is 6.53. The molecule has 30 heavy (non-hydrogen) atoms. The average molecular weight is 380 g/mol. The van der Waals surface area contributed by atoms with Gasteiger partial charge in [-0.05, 0) is 51.0 Å². The molecule has 4 aromatic carbocycles. The van der Waals surface area contributed by atoms with Gasteiger partial charge in [0.05, 0.1) is 5.69 Å². The Hall–Kier alpha value is -3.85. The van der Waals surface area contributed by atoms with Gasteiger partial charge in [-0.15, -0.1) is 0 Å². The Bertz CT molecular complexity index is 1470. The first-order valence-corrected chi connectivity index (χ1v) is 10.3. The van der Waals surface area contributed by atoms with Gasteiger partial charge < -0.3 is 4.81 Å². The summed E-state index contributed by atoms with van der Waals surface area (Å²) in [6.45, 7) is 0.132. The summed E-state index contributed by atoms with van der Waals surface area (Å²) in [5.41, 5.74) is 10.3. The Balaban J connectivity index is 1.65. The maximum atomic E-state index is 4.50. The molecule has 0 radical (unpaired) electrons. The van der Waals surface area contributed by atoms with Crippen molar-refractivity contribution in [1.82, 2.24) is 4.98 Å². The molecule has 0 fully saturated rings. The van der Waals surface area contributed by atoms with E-state index in [1.165, 1.54) is 55.3 Å². The summed E-state index contributed by atoms with van der Waals surface area (Å²) < 4.78 is 0. The second-order valence-corrected chi connectivity index (χ2v) is 8.06. The van der Waals surface area contributed by atoms with Crippen LogP contribution in [0.25, 0.3) is 33.0 Å². The third kappa shape index (κ3) is 2.02. The summed E-state index contributed by atoms with van der Waals surface area (Å²) in [7, 11) is 0. The van der Waals surface area contributed by atoms with Crippen LogP contribution in [0.15, 0.2) is 103 Å². The van der Waals surface area contributed by atoms with E-state index in [-0.39, 0.29) is 6.85 Å². The number of benzene rings is 4. The first-order chi connectivity index (χ1) is 14.9. The molecule has 2 aliphatic rings. The highest BCUT2D eigenvalue weighted by Crippen LogP contribution is 2.45. The van der Waals surface area contributed by atoms with Crippen LogP contribution in [0.5, 0.6) is 0 Å². The molecule has 0 amide bonds. The summed E-state index contributed by atoms with van der Waals surface area (Å²) in [5.74, 6) is 0. The lowest BCUT2D eigenvalue weighted by molar-refractivity contribution is 1.26. The van der Waals surface area contributed by atoms with Gasteiger partial charge >= 0.3 is 6.85 Å². The quantitative estimate of drug-likeness (QED) is 0.346. The van der Waals surface area contributed by atoms with Gasteiger partial charge in [0.2, 0.25) is 0 Å². The first kappa shape index (κ1) is 16.0. The Kier molecular flexibility index (Phi) is 3.11. The van der Waals surface area contributed by atoms with Gasteiger partial charge in [-0.2, -0.15) is 0 Å². The van der Waals surface area contributed by atoms with Crippen LogP contribution in [0, 0.1) is 0 Å². The average Bonchev–Trinajstić information content (AvgIpc) is 2.82. The van der Waals surface area contributed by atoms with Gasteiger partial charge in [-0.25, -0.2) is 0 Å². The number of fused-ring (bicyclic) bond motifs is 12. The highest BCUT2D eigenvalue weighted by atomic mass is 15.1. The van der Waals surface area contributed by atoms with E-state index in [0.29, 0.717) is 0 Å². The van der Waals surface area contributed by atoms with Crippen LogP contribution in [0.2, 0.25) is 0 Å². The number of hydrogen-bond donors (Lipinski definition) is 0. The van der Waals surface area contributed by atoms with E-state index < -0.39 is 0 Å². The number of aromatic nitrogens is 1. The minimum absolute atomic E-state index is 0.132. The van der Waals surface area contributed by atoms with E-state index in [4.69, 9.17) is 0 Å². The number of rotatable bonds is 0. The van der Waals surface area contributed by atoms with Gasteiger partial charge in [0.15, 0.2) is 0 Å². The van der Waals surface area contributed by atoms with Gasteiger partial charge in [-0.1, -0.05) is 72.8 Å². The van der Waals surface area contributed by atoms with E-state index in [2.05, 4.69) is 101 Å². The van der Waals surface area contributed by atoms with Crippen LogP contribution in [0.1, 0.15) is 0 Å². The van der Waals surface area contributed by atoms with Gasteiger partial charge in [-0.3, -0.25) is 4.98 Å². The van der Waals surface area contributed by atoms with E-state index in [1.807, 2.05) is 12.4 Å². The zero-order valence-electron chi connectivity index (χ0n) is 16.3. The van der Waals surface area contributed by atoms with Gasteiger partial charge in [0, 0.05) is 29.2 Å². The molecule has 1 aromatic heterocycles. The van der Waals surface area contributed by atoms with Gasteiger partial charge in [0.1, 0.15) is 0 Å². The summed E-state index contributed by atoms with van der Waals surface area (Å²) >= 11 is 0. The van der Waals surface area contributed by atoms with Crippen LogP contribution in [0.4, 0.5) is 11.4 Å². The first-order valence-electron chi connectivity index (χ1n) is 10.3. The van der Waals surface area contributed by atoms with Crippen molar-refractivity contribution >= 4 is 39.9 Å². The van der Waals surface area contributed by atoms with Crippen molar-refractivity contribution in [3.05, 3.63) is 103 Å². The van der Waals surface area contributed by atoms with Crippen LogP contribution < -0.4 is 15.7 Å².